The first-order valence-electron chi connectivity index (χ1n) is 8.60. The number of hydrogen-bond donors (Lipinski definition) is 1. The van der Waals surface area contributed by atoms with E-state index in [0.29, 0.717) is 24.6 Å². The minimum atomic E-state index is -0.0569. The molecule has 4 nitrogen and oxygen atoms in total. The largest absolute Gasteiger partial charge is 0.494 e. The Morgan fingerprint density at radius 2 is 1.75 bits per heavy atom. The fourth-order valence-corrected chi connectivity index (χ4v) is 2.62. The molecule has 0 spiro atoms. The molecule has 0 saturated carbocycles. The van der Waals surface area contributed by atoms with Crippen LogP contribution in [0.4, 0.5) is 0 Å². The van der Waals surface area contributed by atoms with Gasteiger partial charge in [-0.15, -0.1) is 0 Å². The van der Waals surface area contributed by atoms with Crippen molar-refractivity contribution in [2.24, 2.45) is 0 Å². The maximum absolute atomic E-state index is 11.9. The highest BCUT2D eigenvalue weighted by atomic mass is 32.1. The third-order valence-corrected chi connectivity index (χ3v) is 4.19. The number of nitrogens with zero attached hydrogens (tertiary/aromatic N) is 1. The smallest absolute Gasteiger partial charge is 0.226 e. The molecule has 0 fully saturated rings. The van der Waals surface area contributed by atoms with Crippen LogP contribution in [0.25, 0.3) is 0 Å². The molecule has 1 N–H and O–H groups in total. The molecule has 0 aliphatic heterocycles. The minimum Gasteiger partial charge on any atom is -0.494 e. The molecule has 1 aromatic rings. The van der Waals surface area contributed by atoms with Gasteiger partial charge in [0.2, 0.25) is 5.91 Å². The number of nitrogens with one attached hydrogen (secondary N) is 1. The summed E-state index contributed by atoms with van der Waals surface area (Å²) in [5, 5.41) is 3.27. The fourth-order valence-electron chi connectivity index (χ4n) is 2.25. The van der Waals surface area contributed by atoms with E-state index in [-0.39, 0.29) is 11.3 Å². The van der Waals surface area contributed by atoms with E-state index in [2.05, 4.69) is 38.2 Å². The van der Waals surface area contributed by atoms with Crippen molar-refractivity contribution in [2.75, 3.05) is 19.7 Å². The van der Waals surface area contributed by atoms with Gasteiger partial charge in [-0.05, 0) is 55.6 Å². The Balaban J connectivity index is 2.31. The highest BCUT2D eigenvalue weighted by Crippen LogP contribution is 2.24. The maximum Gasteiger partial charge on any atom is 0.226 e. The molecule has 0 bridgehead atoms. The van der Waals surface area contributed by atoms with Gasteiger partial charge in [0, 0.05) is 19.5 Å². The molecule has 0 aliphatic rings. The lowest BCUT2D eigenvalue weighted by atomic mass is 9.87. The van der Waals surface area contributed by atoms with Crippen LogP contribution >= 0.6 is 12.2 Å². The predicted octanol–water partition coefficient (Wildman–Crippen LogP) is 3.89. The number of thiocarbonyl (C=S) groups is 1. The molecule has 1 amide bonds. The normalized spacial score (nSPS) is 11.0. The Morgan fingerprint density at radius 1 is 1.17 bits per heavy atom. The van der Waals surface area contributed by atoms with Crippen molar-refractivity contribution in [3.63, 3.8) is 0 Å². The van der Waals surface area contributed by atoms with Crippen molar-refractivity contribution in [2.45, 2.75) is 52.9 Å². The molecule has 0 saturated heterocycles. The summed E-state index contributed by atoms with van der Waals surface area (Å²) in [6.45, 7) is 12.7. The second kappa shape index (κ2) is 9.62. The zero-order chi connectivity index (χ0) is 18.2. The van der Waals surface area contributed by atoms with Crippen molar-refractivity contribution in [1.29, 1.82) is 0 Å². The van der Waals surface area contributed by atoms with Crippen LogP contribution in [0.1, 0.15) is 53.0 Å². The van der Waals surface area contributed by atoms with Crippen LogP contribution in [-0.2, 0) is 10.2 Å². The van der Waals surface area contributed by atoms with Gasteiger partial charge in [-0.1, -0.05) is 32.9 Å². The van der Waals surface area contributed by atoms with E-state index < -0.39 is 0 Å². The molecule has 0 heterocycles. The SMILES string of the molecule is CCN(CC)C(=S)NC(=O)CCCOc1ccc(C(C)(C)C)cc1. The van der Waals surface area contributed by atoms with Gasteiger partial charge < -0.3 is 15.0 Å². The standard InChI is InChI=1S/C19H30N2O2S/c1-6-21(7-2)18(24)20-17(22)9-8-14-23-16-12-10-15(11-13-16)19(3,4)5/h10-13H,6-9,14H2,1-5H3,(H,20,22,24). The molecule has 134 valence electrons. The fraction of sp³-hybridized carbons (Fsp3) is 0.579. The summed E-state index contributed by atoms with van der Waals surface area (Å²) in [7, 11) is 0. The lowest BCUT2D eigenvalue weighted by molar-refractivity contribution is -0.120. The van der Waals surface area contributed by atoms with Crippen LogP contribution in [0.3, 0.4) is 0 Å². The van der Waals surface area contributed by atoms with E-state index >= 15 is 0 Å². The van der Waals surface area contributed by atoms with Gasteiger partial charge in [0.25, 0.3) is 0 Å². The number of carbonyl (C=O) groups is 1. The topological polar surface area (TPSA) is 41.6 Å². The van der Waals surface area contributed by atoms with Gasteiger partial charge >= 0.3 is 0 Å². The van der Waals surface area contributed by atoms with Crippen LogP contribution < -0.4 is 10.1 Å². The maximum atomic E-state index is 11.9. The van der Waals surface area contributed by atoms with Gasteiger partial charge in [0.05, 0.1) is 6.61 Å². The lowest BCUT2D eigenvalue weighted by Crippen LogP contribution is -2.42. The number of ether oxygens (including phenoxy) is 1. The van der Waals surface area contributed by atoms with Gasteiger partial charge in [0.15, 0.2) is 5.11 Å². The van der Waals surface area contributed by atoms with E-state index in [1.807, 2.05) is 30.9 Å². The summed E-state index contributed by atoms with van der Waals surface area (Å²) in [6, 6.07) is 8.14. The lowest BCUT2D eigenvalue weighted by Gasteiger charge is -2.21. The third-order valence-electron chi connectivity index (χ3n) is 3.83. The van der Waals surface area contributed by atoms with Crippen LogP contribution in [0.5, 0.6) is 5.75 Å². The molecular weight excluding hydrogens is 320 g/mol. The predicted molar refractivity (Wildman–Crippen MR) is 104 cm³/mol. The number of benzene rings is 1. The molecule has 0 aliphatic carbocycles. The van der Waals surface area contributed by atoms with E-state index in [0.717, 1.165) is 18.8 Å². The molecule has 5 heteroatoms. The molecule has 24 heavy (non-hydrogen) atoms. The first-order chi connectivity index (χ1) is 11.3. The van der Waals surface area contributed by atoms with Crippen molar-refractivity contribution in [3.8, 4) is 5.75 Å². The van der Waals surface area contributed by atoms with Crippen LogP contribution in [0.2, 0.25) is 0 Å². The monoisotopic (exact) mass is 350 g/mol. The Morgan fingerprint density at radius 3 is 2.25 bits per heavy atom. The molecule has 1 rings (SSSR count). The Bertz CT molecular complexity index is 531. The van der Waals surface area contributed by atoms with Crippen molar-refractivity contribution < 1.29 is 9.53 Å². The second-order valence-corrected chi connectivity index (χ2v) is 7.14. The summed E-state index contributed by atoms with van der Waals surface area (Å²) in [4.78, 5) is 13.8. The summed E-state index contributed by atoms with van der Waals surface area (Å²) in [5.41, 5.74) is 1.42. The molecule has 0 radical (unpaired) electrons. The molecule has 0 atom stereocenters. The Kier molecular flexibility index (Phi) is 8.19. The first kappa shape index (κ1) is 20.4. The number of rotatable bonds is 7. The zero-order valence-electron chi connectivity index (χ0n) is 15.5. The van der Waals surface area contributed by atoms with Crippen molar-refractivity contribution in [3.05, 3.63) is 29.8 Å². The minimum absolute atomic E-state index is 0.0569. The van der Waals surface area contributed by atoms with E-state index in [1.165, 1.54) is 5.56 Å². The summed E-state index contributed by atoms with van der Waals surface area (Å²) >= 11 is 5.21. The van der Waals surface area contributed by atoms with Crippen molar-refractivity contribution >= 4 is 23.2 Å². The van der Waals surface area contributed by atoms with E-state index in [4.69, 9.17) is 17.0 Å². The summed E-state index contributed by atoms with van der Waals surface area (Å²) in [6.07, 6.45) is 1.06. The molecule has 0 aromatic heterocycles. The number of hydrogen-bond acceptors (Lipinski definition) is 3. The third kappa shape index (κ3) is 6.87. The van der Waals surface area contributed by atoms with E-state index in [1.54, 1.807) is 0 Å². The highest BCUT2D eigenvalue weighted by Gasteiger charge is 2.13. The first-order valence-corrected chi connectivity index (χ1v) is 9.00. The average Bonchev–Trinajstić information content (AvgIpc) is 2.52. The number of amides is 1. The summed E-state index contributed by atoms with van der Waals surface area (Å²) in [5.74, 6) is 0.778. The van der Waals surface area contributed by atoms with Crippen LogP contribution in [-0.4, -0.2) is 35.6 Å². The van der Waals surface area contributed by atoms with Crippen LogP contribution in [0, 0.1) is 0 Å². The average molecular weight is 351 g/mol. The van der Waals surface area contributed by atoms with Crippen molar-refractivity contribution in [1.82, 2.24) is 10.2 Å². The molecule has 1 aromatic carbocycles. The zero-order valence-corrected chi connectivity index (χ0v) is 16.3. The quantitative estimate of drug-likeness (QED) is 0.598. The Hall–Kier alpha value is -1.62. The van der Waals surface area contributed by atoms with Gasteiger partial charge in [-0.2, -0.15) is 0 Å². The summed E-state index contributed by atoms with van der Waals surface area (Å²) < 4.78 is 5.70. The highest BCUT2D eigenvalue weighted by molar-refractivity contribution is 7.80. The van der Waals surface area contributed by atoms with Gasteiger partial charge in [-0.3, -0.25) is 4.79 Å². The second-order valence-electron chi connectivity index (χ2n) is 6.75. The van der Waals surface area contributed by atoms with Gasteiger partial charge in [-0.25, -0.2) is 0 Å². The Labute approximate surface area is 151 Å². The van der Waals surface area contributed by atoms with Crippen LogP contribution in [0.15, 0.2) is 24.3 Å². The number of carbonyl (C=O) groups excluding carboxylic acids is 1. The van der Waals surface area contributed by atoms with Gasteiger partial charge in [0.1, 0.15) is 5.75 Å². The molecule has 0 unspecified atom stereocenters. The van der Waals surface area contributed by atoms with E-state index in [9.17, 15) is 4.79 Å². The molecular formula is C19H30N2O2S.